The number of nitrogens with zero attached hydrogens (tertiary/aromatic N) is 2. The maximum Gasteiger partial charge on any atom is 0.225 e. The van der Waals surface area contributed by atoms with Gasteiger partial charge in [0.2, 0.25) is 5.91 Å². The molecule has 8 heteroatoms. The molecule has 0 bridgehead atoms. The van der Waals surface area contributed by atoms with Gasteiger partial charge in [-0.25, -0.2) is 0 Å². The lowest BCUT2D eigenvalue weighted by atomic mass is 10.0. The van der Waals surface area contributed by atoms with Gasteiger partial charge in [-0.2, -0.15) is 5.10 Å². The van der Waals surface area contributed by atoms with Crippen molar-refractivity contribution in [3.05, 3.63) is 42.7 Å². The Labute approximate surface area is 178 Å². The lowest BCUT2D eigenvalue weighted by molar-refractivity contribution is -0.116. The van der Waals surface area contributed by atoms with Crippen LogP contribution in [0.1, 0.15) is 19.8 Å². The zero-order valence-electron chi connectivity index (χ0n) is 17.0. The van der Waals surface area contributed by atoms with Gasteiger partial charge in [0.25, 0.3) is 0 Å². The molecule has 0 atom stereocenters. The number of hydrogen-bond acceptors (Lipinski definition) is 6. The van der Waals surface area contributed by atoms with E-state index in [4.69, 9.17) is 9.47 Å². The van der Waals surface area contributed by atoms with Crippen LogP contribution in [0.5, 0.6) is 11.5 Å². The van der Waals surface area contributed by atoms with Crippen LogP contribution in [0.2, 0.25) is 0 Å². The van der Waals surface area contributed by atoms with Crippen LogP contribution in [0, 0.1) is 0 Å². The minimum Gasteiger partial charge on any atom is -0.493 e. The molecule has 4 aromatic rings. The van der Waals surface area contributed by atoms with E-state index in [-0.39, 0.29) is 5.91 Å². The van der Waals surface area contributed by atoms with Crippen molar-refractivity contribution in [2.45, 2.75) is 19.8 Å². The van der Waals surface area contributed by atoms with Gasteiger partial charge in [-0.1, -0.05) is 13.0 Å². The molecule has 1 aromatic carbocycles. The Hall–Kier alpha value is -3.39. The number of nitrogens with one attached hydrogen (secondary N) is 2. The van der Waals surface area contributed by atoms with Crippen molar-refractivity contribution in [3.8, 4) is 33.1 Å². The standard InChI is InChI=1S/C22H22N4O3S/c1-4-5-20(27)24-22-21-16(25-26-22)10-19(30-21)15-8-14(11-23-12-15)13-6-7-17(28-2)18(9-13)29-3/h6-12H,4-5H2,1-3H3,(H2,24,25,26,27). The number of amides is 1. The van der Waals surface area contributed by atoms with Crippen LogP contribution in [0.15, 0.2) is 42.7 Å². The van der Waals surface area contributed by atoms with Crippen molar-refractivity contribution < 1.29 is 14.3 Å². The molecule has 0 spiro atoms. The Balaban J connectivity index is 1.66. The summed E-state index contributed by atoms with van der Waals surface area (Å²) in [5.74, 6) is 1.90. The summed E-state index contributed by atoms with van der Waals surface area (Å²) in [5, 5.41) is 10.1. The molecule has 2 N–H and O–H groups in total. The number of hydrogen-bond donors (Lipinski definition) is 2. The number of carbonyl (C=O) groups is 1. The number of aromatic nitrogens is 3. The molecule has 0 saturated heterocycles. The van der Waals surface area contributed by atoms with Crippen molar-refractivity contribution >= 4 is 33.3 Å². The van der Waals surface area contributed by atoms with Crippen molar-refractivity contribution in [3.63, 3.8) is 0 Å². The molecule has 0 unspecified atom stereocenters. The summed E-state index contributed by atoms with van der Waals surface area (Å²) in [5.41, 5.74) is 3.83. The van der Waals surface area contributed by atoms with E-state index in [2.05, 4.69) is 26.6 Å². The number of carbonyl (C=O) groups excluding carboxylic acids is 1. The number of thiophene rings is 1. The number of anilines is 1. The summed E-state index contributed by atoms with van der Waals surface area (Å²) < 4.78 is 11.7. The van der Waals surface area contributed by atoms with E-state index in [1.807, 2.05) is 43.6 Å². The van der Waals surface area contributed by atoms with Gasteiger partial charge in [-0.15, -0.1) is 11.3 Å². The Morgan fingerprint density at radius 1 is 1.07 bits per heavy atom. The molecule has 0 aliphatic carbocycles. The Kier molecular flexibility index (Phi) is 5.67. The van der Waals surface area contributed by atoms with Crippen LogP contribution in [0.25, 0.3) is 31.8 Å². The highest BCUT2D eigenvalue weighted by Gasteiger charge is 2.14. The number of fused-ring (bicyclic) bond motifs is 1. The maximum atomic E-state index is 11.9. The molecule has 0 aliphatic rings. The van der Waals surface area contributed by atoms with Crippen molar-refractivity contribution in [2.24, 2.45) is 0 Å². The van der Waals surface area contributed by atoms with E-state index in [9.17, 15) is 4.79 Å². The predicted octanol–water partition coefficient (Wildman–Crippen LogP) is 5.11. The lowest BCUT2D eigenvalue weighted by Gasteiger charge is -2.10. The van der Waals surface area contributed by atoms with E-state index >= 15 is 0 Å². The van der Waals surface area contributed by atoms with Gasteiger partial charge in [0.1, 0.15) is 0 Å². The van der Waals surface area contributed by atoms with Gasteiger partial charge in [0, 0.05) is 34.8 Å². The van der Waals surface area contributed by atoms with Crippen LogP contribution in [0.3, 0.4) is 0 Å². The fraction of sp³-hybridized carbons (Fsp3) is 0.227. The second-order valence-electron chi connectivity index (χ2n) is 6.76. The first-order valence-corrected chi connectivity index (χ1v) is 10.4. The quantitative estimate of drug-likeness (QED) is 0.432. The fourth-order valence-electron chi connectivity index (χ4n) is 3.21. The van der Waals surface area contributed by atoms with Crippen molar-refractivity contribution in [2.75, 3.05) is 19.5 Å². The first-order chi connectivity index (χ1) is 14.6. The highest BCUT2D eigenvalue weighted by Crippen LogP contribution is 2.38. The molecule has 3 heterocycles. The first-order valence-electron chi connectivity index (χ1n) is 9.58. The Morgan fingerprint density at radius 2 is 1.87 bits per heavy atom. The number of H-pyrrole nitrogens is 1. The first kappa shape index (κ1) is 19.9. The molecule has 0 fully saturated rings. The molecule has 1 amide bonds. The average Bonchev–Trinajstić information content (AvgIpc) is 3.35. The Morgan fingerprint density at radius 3 is 2.63 bits per heavy atom. The molecule has 154 valence electrons. The van der Waals surface area contributed by atoms with Gasteiger partial charge in [0.05, 0.1) is 24.4 Å². The minimum absolute atomic E-state index is 0.0297. The summed E-state index contributed by atoms with van der Waals surface area (Å²) in [6, 6.07) is 9.90. The molecular weight excluding hydrogens is 400 g/mol. The summed E-state index contributed by atoms with van der Waals surface area (Å²) in [4.78, 5) is 17.4. The number of rotatable bonds is 7. The largest absolute Gasteiger partial charge is 0.493 e. The summed E-state index contributed by atoms with van der Waals surface area (Å²) in [6.45, 7) is 1.97. The fourth-order valence-corrected chi connectivity index (χ4v) is 4.25. The predicted molar refractivity (Wildman–Crippen MR) is 119 cm³/mol. The van der Waals surface area contributed by atoms with E-state index in [1.165, 1.54) is 0 Å². The van der Waals surface area contributed by atoms with Gasteiger partial charge >= 0.3 is 0 Å². The topological polar surface area (TPSA) is 89.1 Å². The van der Waals surface area contributed by atoms with Gasteiger partial charge in [-0.3, -0.25) is 14.9 Å². The highest BCUT2D eigenvalue weighted by molar-refractivity contribution is 7.22. The zero-order valence-corrected chi connectivity index (χ0v) is 17.8. The van der Waals surface area contributed by atoms with Crippen LogP contribution >= 0.6 is 11.3 Å². The molecule has 0 saturated carbocycles. The average molecular weight is 423 g/mol. The zero-order chi connectivity index (χ0) is 21.1. The van der Waals surface area contributed by atoms with Gasteiger partial charge in [0.15, 0.2) is 17.3 Å². The van der Waals surface area contributed by atoms with Crippen LogP contribution in [0.4, 0.5) is 5.82 Å². The van der Waals surface area contributed by atoms with Crippen molar-refractivity contribution in [1.29, 1.82) is 0 Å². The van der Waals surface area contributed by atoms with Crippen LogP contribution in [-0.4, -0.2) is 35.3 Å². The van der Waals surface area contributed by atoms with Crippen molar-refractivity contribution in [1.82, 2.24) is 15.2 Å². The van der Waals surface area contributed by atoms with Gasteiger partial charge in [-0.05, 0) is 36.2 Å². The number of pyridine rings is 1. The van der Waals surface area contributed by atoms with E-state index < -0.39 is 0 Å². The minimum atomic E-state index is -0.0297. The van der Waals surface area contributed by atoms with E-state index in [0.717, 1.165) is 38.2 Å². The number of methoxy groups -OCH3 is 2. The molecule has 0 aliphatic heterocycles. The normalized spacial score (nSPS) is 10.9. The van der Waals surface area contributed by atoms with Crippen LogP contribution in [-0.2, 0) is 4.79 Å². The maximum absolute atomic E-state index is 11.9. The smallest absolute Gasteiger partial charge is 0.225 e. The summed E-state index contributed by atoms with van der Waals surface area (Å²) in [7, 11) is 3.24. The molecule has 3 aromatic heterocycles. The number of aromatic amines is 1. The number of benzene rings is 1. The van der Waals surface area contributed by atoms with Crippen LogP contribution < -0.4 is 14.8 Å². The number of ether oxygens (including phenoxy) is 2. The molecular formula is C22H22N4O3S. The van der Waals surface area contributed by atoms with Gasteiger partial charge < -0.3 is 14.8 Å². The third-order valence-corrected chi connectivity index (χ3v) is 5.90. The molecule has 4 rings (SSSR count). The Bertz CT molecular complexity index is 1200. The highest BCUT2D eigenvalue weighted by atomic mass is 32.1. The summed E-state index contributed by atoms with van der Waals surface area (Å²) in [6.07, 6.45) is 4.92. The van der Waals surface area contributed by atoms with E-state index in [0.29, 0.717) is 23.7 Å². The second-order valence-corrected chi connectivity index (χ2v) is 7.81. The molecule has 7 nitrogen and oxygen atoms in total. The monoisotopic (exact) mass is 422 g/mol. The second kappa shape index (κ2) is 8.54. The SMILES string of the molecule is CCCC(=O)Nc1n[nH]c2cc(-c3cncc(-c4ccc(OC)c(OC)c4)c3)sc12. The lowest BCUT2D eigenvalue weighted by Crippen LogP contribution is -2.10. The third kappa shape index (κ3) is 3.86. The molecule has 30 heavy (non-hydrogen) atoms. The summed E-state index contributed by atoms with van der Waals surface area (Å²) >= 11 is 1.57. The molecule has 0 radical (unpaired) electrons. The third-order valence-electron chi connectivity index (χ3n) is 4.71. The van der Waals surface area contributed by atoms with E-state index in [1.54, 1.807) is 25.6 Å².